The van der Waals surface area contributed by atoms with Gasteiger partial charge in [-0.3, -0.25) is 14.2 Å². The van der Waals surface area contributed by atoms with Crippen molar-refractivity contribution in [2.24, 2.45) is 0 Å². The van der Waals surface area contributed by atoms with E-state index in [9.17, 15) is 9.59 Å². The topological polar surface area (TPSA) is 79.8 Å². The first-order chi connectivity index (χ1) is 12.9. The predicted molar refractivity (Wildman–Crippen MR) is 109 cm³/mol. The smallest absolute Gasteiger partial charge is 0.278 e. The highest BCUT2D eigenvalue weighted by Gasteiger charge is 2.17. The number of amides is 1. The van der Waals surface area contributed by atoms with E-state index < -0.39 is 0 Å². The van der Waals surface area contributed by atoms with Crippen LogP contribution in [0.15, 0.2) is 46.3 Å². The predicted octanol–water partition coefficient (Wildman–Crippen LogP) is 3.58. The zero-order valence-corrected chi connectivity index (χ0v) is 16.8. The van der Waals surface area contributed by atoms with Crippen molar-refractivity contribution < 1.29 is 4.79 Å². The fraction of sp³-hybridized carbons (Fsp3) is 0.350. The number of carbonyl (C=O) groups is 1. The van der Waals surface area contributed by atoms with E-state index in [1.54, 1.807) is 4.57 Å². The van der Waals surface area contributed by atoms with Crippen LogP contribution in [0.3, 0.4) is 0 Å². The zero-order chi connectivity index (χ0) is 19.6. The summed E-state index contributed by atoms with van der Waals surface area (Å²) in [4.78, 5) is 32.8. The fourth-order valence-electron chi connectivity index (χ4n) is 2.99. The quantitative estimate of drug-likeness (QED) is 0.503. The Morgan fingerprint density at radius 3 is 2.63 bits per heavy atom. The third-order valence-corrected chi connectivity index (χ3v) is 5.26. The summed E-state index contributed by atoms with van der Waals surface area (Å²) in [5, 5.41) is 3.55. The molecule has 0 aliphatic rings. The Hall–Kier alpha value is -2.54. The highest BCUT2D eigenvalue weighted by Crippen LogP contribution is 2.21. The first kappa shape index (κ1) is 19.2. The molecule has 0 radical (unpaired) electrons. The van der Waals surface area contributed by atoms with Gasteiger partial charge in [0.2, 0.25) is 5.91 Å². The fourth-order valence-corrected chi connectivity index (χ4v) is 3.92. The average molecular weight is 385 g/mol. The lowest BCUT2D eigenvalue weighted by Crippen LogP contribution is -2.29. The number of rotatable bonds is 6. The molecule has 0 bridgehead atoms. The minimum absolute atomic E-state index is 0.0493. The van der Waals surface area contributed by atoms with E-state index in [0.29, 0.717) is 16.2 Å². The standard InChI is InChI=1S/C20H24N4O2S/c1-12(2)24-19(26)18-16(10-13(3)21-18)23-20(24)27-11-17(25)22-14(4)15-8-6-5-7-9-15/h5-10,12,14,21H,11H2,1-4H3,(H,22,25)/t14-/m0/s1. The highest BCUT2D eigenvalue weighted by atomic mass is 32.2. The van der Waals surface area contributed by atoms with E-state index in [-0.39, 0.29) is 29.3 Å². The van der Waals surface area contributed by atoms with Gasteiger partial charge in [0, 0.05) is 11.7 Å². The van der Waals surface area contributed by atoms with Gasteiger partial charge in [-0.1, -0.05) is 42.1 Å². The van der Waals surface area contributed by atoms with Gasteiger partial charge < -0.3 is 10.3 Å². The Balaban J connectivity index is 1.77. The van der Waals surface area contributed by atoms with E-state index in [0.717, 1.165) is 11.3 Å². The van der Waals surface area contributed by atoms with Crippen molar-refractivity contribution in [1.82, 2.24) is 19.9 Å². The Labute approximate surface area is 162 Å². The van der Waals surface area contributed by atoms with Crippen LogP contribution in [-0.2, 0) is 4.79 Å². The molecule has 0 aliphatic heterocycles. The molecule has 0 aliphatic carbocycles. The van der Waals surface area contributed by atoms with Crippen molar-refractivity contribution in [2.45, 2.75) is 44.9 Å². The van der Waals surface area contributed by atoms with Crippen LogP contribution < -0.4 is 10.9 Å². The molecule has 0 unspecified atom stereocenters. The van der Waals surface area contributed by atoms with E-state index >= 15 is 0 Å². The number of benzene rings is 1. The molecule has 0 spiro atoms. The van der Waals surface area contributed by atoms with E-state index in [2.05, 4.69) is 15.3 Å². The maximum absolute atomic E-state index is 12.8. The summed E-state index contributed by atoms with van der Waals surface area (Å²) in [6, 6.07) is 11.5. The maximum Gasteiger partial charge on any atom is 0.278 e. The summed E-state index contributed by atoms with van der Waals surface area (Å²) < 4.78 is 1.64. The number of aryl methyl sites for hydroxylation is 1. The third kappa shape index (κ3) is 4.24. The molecule has 1 aromatic carbocycles. The van der Waals surface area contributed by atoms with Crippen LogP contribution in [0.1, 0.15) is 44.1 Å². The van der Waals surface area contributed by atoms with Crippen molar-refractivity contribution in [1.29, 1.82) is 0 Å². The molecular formula is C20H24N4O2S. The monoisotopic (exact) mass is 384 g/mol. The van der Waals surface area contributed by atoms with Gasteiger partial charge >= 0.3 is 0 Å². The third-order valence-electron chi connectivity index (χ3n) is 4.31. The van der Waals surface area contributed by atoms with Gasteiger partial charge in [-0.25, -0.2) is 4.98 Å². The molecule has 2 heterocycles. The molecule has 27 heavy (non-hydrogen) atoms. The Morgan fingerprint density at radius 2 is 1.96 bits per heavy atom. The van der Waals surface area contributed by atoms with Gasteiger partial charge in [0.1, 0.15) is 5.52 Å². The lowest BCUT2D eigenvalue weighted by Gasteiger charge is -2.16. The van der Waals surface area contributed by atoms with Crippen LogP contribution in [0, 0.1) is 6.92 Å². The number of nitrogens with zero attached hydrogens (tertiary/aromatic N) is 2. The van der Waals surface area contributed by atoms with Crippen LogP contribution in [0.5, 0.6) is 0 Å². The summed E-state index contributed by atoms with van der Waals surface area (Å²) in [6.45, 7) is 7.72. The second kappa shape index (κ2) is 8.00. The lowest BCUT2D eigenvalue weighted by molar-refractivity contribution is -0.119. The minimum Gasteiger partial charge on any atom is -0.353 e. The van der Waals surface area contributed by atoms with Crippen molar-refractivity contribution in [3.63, 3.8) is 0 Å². The van der Waals surface area contributed by atoms with Gasteiger partial charge in [0.15, 0.2) is 5.16 Å². The molecule has 7 heteroatoms. The van der Waals surface area contributed by atoms with E-state index in [1.807, 2.05) is 64.1 Å². The summed E-state index contributed by atoms with van der Waals surface area (Å²) in [7, 11) is 0. The zero-order valence-electron chi connectivity index (χ0n) is 15.9. The largest absolute Gasteiger partial charge is 0.353 e. The van der Waals surface area contributed by atoms with Crippen LogP contribution in [0.25, 0.3) is 11.0 Å². The number of thioether (sulfide) groups is 1. The second-order valence-electron chi connectivity index (χ2n) is 6.86. The molecule has 3 aromatic rings. The van der Waals surface area contributed by atoms with Gasteiger partial charge in [-0.05, 0) is 39.3 Å². The lowest BCUT2D eigenvalue weighted by atomic mass is 10.1. The Kier molecular flexibility index (Phi) is 5.70. The number of fused-ring (bicyclic) bond motifs is 1. The van der Waals surface area contributed by atoms with Crippen LogP contribution in [0.4, 0.5) is 0 Å². The molecule has 0 saturated heterocycles. The minimum atomic E-state index is -0.108. The molecule has 142 valence electrons. The molecular weight excluding hydrogens is 360 g/mol. The van der Waals surface area contributed by atoms with Crippen molar-refractivity contribution in [3.05, 3.63) is 58.0 Å². The summed E-state index contributed by atoms with van der Waals surface area (Å²) in [5.74, 6) is 0.108. The van der Waals surface area contributed by atoms with E-state index in [4.69, 9.17) is 0 Å². The first-order valence-electron chi connectivity index (χ1n) is 8.95. The summed E-state index contributed by atoms with van der Waals surface area (Å²) >= 11 is 1.28. The van der Waals surface area contributed by atoms with Gasteiger partial charge in [0.05, 0.1) is 17.3 Å². The molecule has 6 nitrogen and oxygen atoms in total. The second-order valence-corrected chi connectivity index (χ2v) is 7.81. The molecule has 2 aromatic heterocycles. The van der Waals surface area contributed by atoms with Crippen LogP contribution >= 0.6 is 11.8 Å². The molecule has 0 fully saturated rings. The molecule has 0 saturated carbocycles. The van der Waals surface area contributed by atoms with Gasteiger partial charge in [0.25, 0.3) is 5.56 Å². The summed E-state index contributed by atoms with van der Waals surface area (Å²) in [5.41, 5.74) is 2.98. The molecule has 2 N–H and O–H groups in total. The van der Waals surface area contributed by atoms with E-state index in [1.165, 1.54) is 11.8 Å². The van der Waals surface area contributed by atoms with Crippen molar-refractivity contribution in [2.75, 3.05) is 5.75 Å². The SMILES string of the molecule is Cc1cc2nc(SCC(=O)N[C@@H](C)c3ccccc3)n(C(C)C)c(=O)c2[nH]1. The van der Waals surface area contributed by atoms with Crippen molar-refractivity contribution >= 4 is 28.7 Å². The molecule has 1 amide bonds. The number of aromatic nitrogens is 3. The number of hydrogen-bond donors (Lipinski definition) is 2. The van der Waals surface area contributed by atoms with Crippen LogP contribution in [-0.4, -0.2) is 26.2 Å². The van der Waals surface area contributed by atoms with Gasteiger partial charge in [-0.15, -0.1) is 0 Å². The number of aromatic amines is 1. The normalized spacial score (nSPS) is 12.5. The number of carbonyl (C=O) groups excluding carboxylic acids is 1. The molecule has 1 atom stereocenters. The number of nitrogens with one attached hydrogen (secondary N) is 2. The average Bonchev–Trinajstić information content (AvgIpc) is 3.01. The molecule has 3 rings (SSSR count). The number of hydrogen-bond acceptors (Lipinski definition) is 4. The van der Waals surface area contributed by atoms with Crippen molar-refractivity contribution in [3.8, 4) is 0 Å². The first-order valence-corrected chi connectivity index (χ1v) is 9.94. The maximum atomic E-state index is 12.8. The Bertz CT molecular complexity index is 1010. The Morgan fingerprint density at radius 1 is 1.26 bits per heavy atom. The highest BCUT2D eigenvalue weighted by molar-refractivity contribution is 7.99. The van der Waals surface area contributed by atoms with Gasteiger partial charge in [-0.2, -0.15) is 0 Å². The van der Waals surface area contributed by atoms with Crippen LogP contribution in [0.2, 0.25) is 0 Å². The number of H-pyrrole nitrogens is 1. The summed E-state index contributed by atoms with van der Waals surface area (Å²) in [6.07, 6.45) is 0.